The van der Waals surface area contributed by atoms with E-state index in [4.69, 9.17) is 0 Å². The Morgan fingerprint density at radius 2 is 1.90 bits per heavy atom. The number of benzene rings is 1. The Morgan fingerprint density at radius 3 is 2.55 bits per heavy atom. The minimum atomic E-state index is -3.08. The van der Waals surface area contributed by atoms with Crippen molar-refractivity contribution in [3.05, 3.63) is 59.9 Å². The number of carbonyl (C=O) groups excluding carboxylic acids is 3. The molecule has 0 spiro atoms. The number of urea groups is 1. The molecule has 3 heterocycles. The number of halogens is 3. The van der Waals surface area contributed by atoms with Crippen molar-refractivity contribution in [3.63, 3.8) is 0 Å². The molecular weight excluding hydrogens is 421 g/mol. The van der Waals surface area contributed by atoms with E-state index in [0.29, 0.717) is 5.69 Å². The Bertz CT molecular complexity index is 1160. The summed E-state index contributed by atoms with van der Waals surface area (Å²) in [7, 11) is 0. The summed E-state index contributed by atoms with van der Waals surface area (Å²) in [6, 6.07) is 5.40. The van der Waals surface area contributed by atoms with Crippen LogP contribution in [0.2, 0.25) is 0 Å². The Morgan fingerprint density at radius 1 is 1.16 bits per heavy atom. The van der Waals surface area contributed by atoms with Crippen LogP contribution in [0.1, 0.15) is 22.7 Å². The molecule has 1 aromatic carbocycles. The monoisotopic (exact) mass is 434 g/mol. The predicted octanol–water partition coefficient (Wildman–Crippen LogP) is 0.463. The van der Waals surface area contributed by atoms with E-state index in [2.05, 4.69) is 25.9 Å². The van der Waals surface area contributed by atoms with Crippen LogP contribution < -0.4 is 16.0 Å². The number of rotatable bonds is 6. The minimum absolute atomic E-state index is 0.161. The molecule has 4 rings (SSSR count). The van der Waals surface area contributed by atoms with Crippen molar-refractivity contribution in [1.29, 1.82) is 0 Å². The first kappa shape index (κ1) is 20.1. The van der Waals surface area contributed by atoms with Crippen molar-refractivity contribution in [2.45, 2.75) is 12.1 Å². The molecule has 1 saturated heterocycles. The maximum atomic E-state index is 13.3. The second-order valence-corrected chi connectivity index (χ2v) is 6.43. The molecule has 11 nitrogen and oxygen atoms in total. The van der Waals surface area contributed by atoms with E-state index in [1.165, 1.54) is 24.3 Å². The Hall–Kier alpha value is -4.23. The molecule has 31 heavy (non-hydrogen) atoms. The fraction of sp³-hybridized carbons (Fsp3) is 0.176. The third-order valence-electron chi connectivity index (χ3n) is 4.53. The molecule has 2 aromatic heterocycles. The highest BCUT2D eigenvalue weighted by Crippen LogP contribution is 2.27. The van der Waals surface area contributed by atoms with Gasteiger partial charge in [0, 0.05) is 6.20 Å². The highest BCUT2D eigenvalue weighted by molar-refractivity contribution is 6.07. The molecule has 0 aliphatic carbocycles. The molecule has 0 radical (unpaired) electrons. The molecule has 1 aliphatic heterocycles. The Labute approximate surface area is 171 Å². The van der Waals surface area contributed by atoms with Crippen molar-refractivity contribution in [1.82, 2.24) is 40.7 Å². The zero-order valence-corrected chi connectivity index (χ0v) is 15.4. The quantitative estimate of drug-likeness (QED) is 0.483. The summed E-state index contributed by atoms with van der Waals surface area (Å²) in [5.41, 5.74) is -2.10. The largest absolute Gasteiger partial charge is 0.347 e. The molecule has 4 amide bonds. The SMILES string of the molecule is O=C1NC(=O)[C@@](CNC(=O)c2cnn(-c3ccc(F)cc3)n2)(c2ccnn2C(F)F)N1. The van der Waals surface area contributed by atoms with Crippen LogP contribution in [-0.4, -0.2) is 49.2 Å². The normalized spacial score (nSPS) is 18.2. The maximum Gasteiger partial charge on any atom is 0.333 e. The van der Waals surface area contributed by atoms with Gasteiger partial charge < -0.3 is 10.6 Å². The molecule has 1 aliphatic rings. The number of carbonyl (C=O) groups is 3. The molecule has 1 fully saturated rings. The average molecular weight is 434 g/mol. The fourth-order valence-corrected chi connectivity index (χ4v) is 3.06. The number of amides is 4. The van der Waals surface area contributed by atoms with Gasteiger partial charge in [-0.2, -0.15) is 23.8 Å². The summed E-state index contributed by atoms with van der Waals surface area (Å²) in [6.07, 6.45) is 2.17. The Kier molecular flexibility index (Phi) is 4.88. The lowest BCUT2D eigenvalue weighted by molar-refractivity contribution is -0.124. The molecule has 0 unspecified atom stereocenters. The molecule has 1 atom stereocenters. The molecule has 3 N–H and O–H groups in total. The minimum Gasteiger partial charge on any atom is -0.347 e. The summed E-state index contributed by atoms with van der Waals surface area (Å²) in [6.45, 7) is -3.65. The van der Waals surface area contributed by atoms with Crippen LogP contribution in [0.3, 0.4) is 0 Å². The standard InChI is InChI=1S/C17H13F3N8O3/c18-9-1-3-10(4-2-9)28-23-7-11(26-28)13(29)21-8-17(14(30)24-16(31)25-17)12-5-6-22-27(12)15(19)20/h1-7,15H,8H2,(H,21,29)(H2,24,25,30,31)/t17-/m1/s1. The second kappa shape index (κ2) is 7.55. The topological polar surface area (TPSA) is 136 Å². The summed E-state index contributed by atoms with van der Waals surface area (Å²) >= 11 is 0. The van der Waals surface area contributed by atoms with Crippen molar-refractivity contribution in [2.75, 3.05) is 6.54 Å². The molecule has 0 bridgehead atoms. The first-order valence-corrected chi connectivity index (χ1v) is 8.72. The number of hydrogen-bond donors (Lipinski definition) is 3. The van der Waals surface area contributed by atoms with Gasteiger partial charge in [-0.25, -0.2) is 13.9 Å². The highest BCUT2D eigenvalue weighted by Gasteiger charge is 2.51. The lowest BCUT2D eigenvalue weighted by atomic mass is 9.95. The zero-order chi connectivity index (χ0) is 22.2. The van der Waals surface area contributed by atoms with Gasteiger partial charge in [-0.3, -0.25) is 14.9 Å². The number of aromatic nitrogens is 5. The van der Waals surface area contributed by atoms with Crippen molar-refractivity contribution < 1.29 is 27.6 Å². The smallest absolute Gasteiger partial charge is 0.333 e. The number of hydrogen-bond acceptors (Lipinski definition) is 6. The number of nitrogens with zero attached hydrogens (tertiary/aromatic N) is 5. The highest BCUT2D eigenvalue weighted by atomic mass is 19.3. The third kappa shape index (κ3) is 3.58. The lowest BCUT2D eigenvalue weighted by Crippen LogP contribution is -2.53. The van der Waals surface area contributed by atoms with Crippen molar-refractivity contribution in [3.8, 4) is 5.69 Å². The first-order valence-electron chi connectivity index (χ1n) is 8.72. The summed E-state index contributed by atoms with van der Waals surface area (Å²) in [4.78, 5) is 37.8. The van der Waals surface area contributed by atoms with E-state index in [1.54, 1.807) is 0 Å². The van der Waals surface area contributed by atoms with Gasteiger partial charge in [0.1, 0.15) is 5.82 Å². The van der Waals surface area contributed by atoms with Crippen LogP contribution in [0.4, 0.5) is 18.0 Å². The lowest BCUT2D eigenvalue weighted by Gasteiger charge is -2.26. The summed E-state index contributed by atoms with van der Waals surface area (Å²) in [5.74, 6) is -2.18. The van der Waals surface area contributed by atoms with Gasteiger partial charge in [-0.05, 0) is 30.3 Å². The van der Waals surface area contributed by atoms with E-state index in [1.807, 2.05) is 5.32 Å². The van der Waals surface area contributed by atoms with Crippen molar-refractivity contribution in [2.24, 2.45) is 0 Å². The van der Waals surface area contributed by atoms with Gasteiger partial charge in [-0.15, -0.1) is 5.10 Å². The molecular formula is C17H13F3N8O3. The van der Waals surface area contributed by atoms with Gasteiger partial charge in [0.05, 0.1) is 24.1 Å². The van der Waals surface area contributed by atoms with E-state index in [0.717, 1.165) is 23.3 Å². The zero-order valence-electron chi connectivity index (χ0n) is 15.4. The van der Waals surface area contributed by atoms with Crippen LogP contribution in [-0.2, 0) is 10.3 Å². The van der Waals surface area contributed by atoms with Gasteiger partial charge in [0.2, 0.25) is 0 Å². The van der Waals surface area contributed by atoms with Crippen LogP contribution in [0.5, 0.6) is 0 Å². The van der Waals surface area contributed by atoms with Crippen LogP contribution in [0.15, 0.2) is 42.7 Å². The van der Waals surface area contributed by atoms with Crippen LogP contribution in [0.25, 0.3) is 5.69 Å². The van der Waals surface area contributed by atoms with Gasteiger partial charge in [0.25, 0.3) is 11.8 Å². The maximum absolute atomic E-state index is 13.3. The molecule has 3 aromatic rings. The summed E-state index contributed by atoms with van der Waals surface area (Å²) in [5, 5.41) is 18.0. The van der Waals surface area contributed by atoms with Crippen molar-refractivity contribution >= 4 is 17.8 Å². The van der Waals surface area contributed by atoms with E-state index in [9.17, 15) is 27.6 Å². The molecule has 0 saturated carbocycles. The third-order valence-corrected chi connectivity index (χ3v) is 4.53. The second-order valence-electron chi connectivity index (χ2n) is 6.43. The number of imide groups is 1. The average Bonchev–Trinajstić information content (AvgIpc) is 3.46. The Balaban J connectivity index is 1.56. The molecule has 160 valence electrons. The van der Waals surface area contributed by atoms with Gasteiger partial charge in [-0.1, -0.05) is 0 Å². The van der Waals surface area contributed by atoms with E-state index < -0.39 is 42.3 Å². The van der Waals surface area contributed by atoms with Gasteiger partial charge in [0.15, 0.2) is 11.2 Å². The van der Waals surface area contributed by atoms with E-state index >= 15 is 0 Å². The van der Waals surface area contributed by atoms with E-state index in [-0.39, 0.29) is 16.1 Å². The van der Waals surface area contributed by atoms with Crippen LogP contribution in [0, 0.1) is 5.82 Å². The number of alkyl halides is 2. The predicted molar refractivity (Wildman–Crippen MR) is 95.5 cm³/mol. The molecule has 14 heteroatoms. The summed E-state index contributed by atoms with van der Waals surface area (Å²) < 4.78 is 39.9. The first-order chi connectivity index (χ1) is 14.8. The van der Waals surface area contributed by atoms with Gasteiger partial charge >= 0.3 is 12.6 Å². The fourth-order valence-electron chi connectivity index (χ4n) is 3.06. The number of nitrogens with one attached hydrogen (secondary N) is 3. The van der Waals surface area contributed by atoms with Crippen LogP contribution >= 0.6 is 0 Å².